The first-order valence-corrected chi connectivity index (χ1v) is 8.49. The second-order valence-corrected chi connectivity index (χ2v) is 6.68. The first-order valence-electron chi connectivity index (χ1n) is 7.00. The average molecular weight is 388 g/mol. The normalized spacial score (nSPS) is 11.3. The van der Waals surface area contributed by atoms with Crippen LogP contribution in [0.1, 0.15) is 21.9 Å². The van der Waals surface area contributed by atoms with Gasteiger partial charge in [-0.15, -0.1) is 9.78 Å². The number of hydrogen-bond acceptors (Lipinski definition) is 9. The lowest BCUT2D eigenvalue weighted by molar-refractivity contribution is 0.0594. The molecule has 0 bridgehead atoms. The molecule has 0 aromatic carbocycles. The number of nitrogens with one attached hydrogen (secondary N) is 1. The van der Waals surface area contributed by atoms with Crippen LogP contribution in [0.15, 0.2) is 14.1 Å². The van der Waals surface area contributed by atoms with Crippen molar-refractivity contribution in [1.29, 1.82) is 0 Å². The molecule has 0 saturated heterocycles. The third kappa shape index (κ3) is 3.08. The average Bonchev–Trinajstić information content (AvgIpc) is 3.03. The molecule has 2 rings (SSSR count). The van der Waals surface area contributed by atoms with Gasteiger partial charge in [-0.3, -0.25) is 0 Å². The van der Waals surface area contributed by atoms with Crippen LogP contribution in [0, 0.1) is 13.8 Å². The SMILES string of the molecule is COC(=O)c1c(C)oc(C)c1S(=O)(=O)NC(=O)n1nc(OC)n(C)c1=O. The van der Waals surface area contributed by atoms with E-state index >= 15 is 0 Å². The van der Waals surface area contributed by atoms with Gasteiger partial charge in [-0.25, -0.2) is 32.1 Å². The predicted molar refractivity (Wildman–Crippen MR) is 84.7 cm³/mol. The molecule has 0 atom stereocenters. The largest absolute Gasteiger partial charge is 0.467 e. The Morgan fingerprint density at radius 3 is 2.31 bits per heavy atom. The van der Waals surface area contributed by atoms with E-state index in [1.54, 1.807) is 4.72 Å². The van der Waals surface area contributed by atoms with Gasteiger partial charge in [0, 0.05) is 7.05 Å². The number of hydrogen-bond donors (Lipinski definition) is 1. The summed E-state index contributed by atoms with van der Waals surface area (Å²) in [5.74, 6) is -1.09. The van der Waals surface area contributed by atoms with E-state index in [2.05, 4.69) is 9.84 Å². The van der Waals surface area contributed by atoms with Crippen molar-refractivity contribution in [3.8, 4) is 6.01 Å². The molecular formula is C13H16N4O8S. The molecule has 0 aliphatic heterocycles. The van der Waals surface area contributed by atoms with Crippen LogP contribution in [0.25, 0.3) is 0 Å². The molecule has 2 aromatic heterocycles. The summed E-state index contributed by atoms with van der Waals surface area (Å²) < 4.78 is 42.5. The van der Waals surface area contributed by atoms with Gasteiger partial charge in [0.25, 0.3) is 10.0 Å². The Kier molecular flexibility index (Phi) is 4.93. The molecule has 1 amide bonds. The molecule has 13 heteroatoms. The van der Waals surface area contributed by atoms with Crippen LogP contribution < -0.4 is 15.1 Å². The molecule has 26 heavy (non-hydrogen) atoms. The Hall–Kier alpha value is -3.09. The van der Waals surface area contributed by atoms with Crippen LogP contribution in [0.3, 0.4) is 0 Å². The summed E-state index contributed by atoms with van der Waals surface area (Å²) in [5, 5.41) is 3.56. The van der Waals surface area contributed by atoms with E-state index in [4.69, 9.17) is 9.15 Å². The Labute approximate surface area is 147 Å². The summed E-state index contributed by atoms with van der Waals surface area (Å²) in [7, 11) is -1.000. The van der Waals surface area contributed by atoms with Gasteiger partial charge in [0.1, 0.15) is 22.0 Å². The van der Waals surface area contributed by atoms with Gasteiger partial charge in [0.15, 0.2) is 0 Å². The Bertz CT molecular complexity index is 1040. The minimum Gasteiger partial charge on any atom is -0.467 e. The quantitative estimate of drug-likeness (QED) is 0.685. The topological polar surface area (TPSA) is 152 Å². The number of carbonyl (C=O) groups excluding carboxylic acids is 2. The highest BCUT2D eigenvalue weighted by atomic mass is 32.2. The van der Waals surface area contributed by atoms with Crippen LogP contribution in [0.2, 0.25) is 0 Å². The number of rotatable bonds is 4. The molecule has 0 saturated carbocycles. The highest BCUT2D eigenvalue weighted by Gasteiger charge is 2.33. The summed E-state index contributed by atoms with van der Waals surface area (Å²) in [6.07, 6.45) is 0. The van der Waals surface area contributed by atoms with Crippen molar-refractivity contribution in [3.05, 3.63) is 27.6 Å². The van der Waals surface area contributed by atoms with E-state index in [-0.39, 0.29) is 27.8 Å². The van der Waals surface area contributed by atoms with E-state index in [9.17, 15) is 22.8 Å². The molecule has 1 N–H and O–H groups in total. The van der Waals surface area contributed by atoms with E-state index in [0.29, 0.717) is 0 Å². The summed E-state index contributed by atoms with van der Waals surface area (Å²) >= 11 is 0. The minimum absolute atomic E-state index is 0.00107. The second-order valence-electron chi connectivity index (χ2n) is 5.06. The molecule has 2 heterocycles. The van der Waals surface area contributed by atoms with Crippen molar-refractivity contribution in [2.75, 3.05) is 14.2 Å². The Morgan fingerprint density at radius 2 is 1.81 bits per heavy atom. The maximum atomic E-state index is 12.6. The van der Waals surface area contributed by atoms with Crippen molar-refractivity contribution < 1.29 is 31.9 Å². The smallest absolute Gasteiger partial charge is 0.360 e. The Morgan fingerprint density at radius 1 is 1.19 bits per heavy atom. The minimum atomic E-state index is -4.57. The monoisotopic (exact) mass is 388 g/mol. The number of carbonyl (C=O) groups is 2. The second kappa shape index (κ2) is 6.67. The predicted octanol–water partition coefficient (Wildman–Crippen LogP) is -0.467. The molecule has 0 unspecified atom stereocenters. The fourth-order valence-corrected chi connectivity index (χ4v) is 3.60. The maximum absolute atomic E-state index is 12.6. The van der Waals surface area contributed by atoms with Crippen LogP contribution in [-0.2, 0) is 21.8 Å². The zero-order valence-electron chi connectivity index (χ0n) is 14.5. The molecule has 0 aliphatic carbocycles. The molecule has 0 aliphatic rings. The van der Waals surface area contributed by atoms with E-state index in [1.165, 1.54) is 28.0 Å². The third-order valence-electron chi connectivity index (χ3n) is 3.40. The van der Waals surface area contributed by atoms with Crippen LogP contribution in [0.5, 0.6) is 6.01 Å². The number of furan rings is 1. The maximum Gasteiger partial charge on any atom is 0.360 e. The van der Waals surface area contributed by atoms with Crippen molar-refractivity contribution in [2.45, 2.75) is 18.7 Å². The van der Waals surface area contributed by atoms with Crippen LogP contribution in [-0.4, -0.2) is 49.0 Å². The van der Waals surface area contributed by atoms with Crippen molar-refractivity contribution in [2.24, 2.45) is 7.05 Å². The number of aromatic nitrogens is 3. The highest BCUT2D eigenvalue weighted by molar-refractivity contribution is 7.90. The fraction of sp³-hybridized carbons (Fsp3) is 0.385. The lowest BCUT2D eigenvalue weighted by Gasteiger charge is -2.07. The van der Waals surface area contributed by atoms with Gasteiger partial charge in [-0.1, -0.05) is 0 Å². The number of ether oxygens (including phenoxy) is 2. The molecule has 12 nitrogen and oxygen atoms in total. The highest BCUT2D eigenvalue weighted by Crippen LogP contribution is 2.27. The molecule has 2 aromatic rings. The van der Waals surface area contributed by atoms with Gasteiger partial charge >= 0.3 is 23.7 Å². The number of esters is 1. The summed E-state index contributed by atoms with van der Waals surface area (Å²) in [6, 6.07) is -1.56. The van der Waals surface area contributed by atoms with Crippen molar-refractivity contribution in [1.82, 2.24) is 19.1 Å². The van der Waals surface area contributed by atoms with Gasteiger partial charge in [0.2, 0.25) is 0 Å². The number of aryl methyl sites for hydroxylation is 2. The van der Waals surface area contributed by atoms with Gasteiger partial charge in [0.05, 0.1) is 14.2 Å². The molecular weight excluding hydrogens is 372 g/mol. The summed E-state index contributed by atoms with van der Waals surface area (Å²) in [5.41, 5.74) is -1.28. The zero-order valence-corrected chi connectivity index (χ0v) is 15.3. The summed E-state index contributed by atoms with van der Waals surface area (Å²) in [6.45, 7) is 2.67. The standard InChI is InChI=1S/C13H16N4O8S/c1-6-8(10(18)23-4)9(7(2)25-6)26(21,22)15-11(19)17-13(20)16(3)12(14-17)24-5/h1-5H3,(H,15,19). The van der Waals surface area contributed by atoms with E-state index < -0.39 is 32.6 Å². The molecule has 0 radical (unpaired) electrons. The van der Waals surface area contributed by atoms with Gasteiger partial charge in [-0.05, 0) is 13.8 Å². The molecule has 0 fully saturated rings. The fourth-order valence-electron chi connectivity index (χ4n) is 2.26. The first-order chi connectivity index (χ1) is 12.0. The van der Waals surface area contributed by atoms with E-state index in [1.807, 2.05) is 0 Å². The number of methoxy groups -OCH3 is 2. The lowest BCUT2D eigenvalue weighted by atomic mass is 10.2. The van der Waals surface area contributed by atoms with Gasteiger partial charge < -0.3 is 13.9 Å². The summed E-state index contributed by atoms with van der Waals surface area (Å²) in [4.78, 5) is 35.4. The molecule has 0 spiro atoms. The number of amides is 1. The number of sulfonamides is 1. The zero-order chi connectivity index (χ0) is 19.8. The first kappa shape index (κ1) is 19.2. The van der Waals surface area contributed by atoms with Crippen LogP contribution in [0.4, 0.5) is 4.79 Å². The third-order valence-corrected chi connectivity index (χ3v) is 4.87. The van der Waals surface area contributed by atoms with Crippen molar-refractivity contribution >= 4 is 22.0 Å². The van der Waals surface area contributed by atoms with E-state index in [0.717, 1.165) is 11.7 Å². The lowest BCUT2D eigenvalue weighted by Crippen LogP contribution is -2.40. The van der Waals surface area contributed by atoms with Crippen molar-refractivity contribution in [3.63, 3.8) is 0 Å². The number of nitrogens with zero attached hydrogens (tertiary/aromatic N) is 3. The Balaban J connectivity index is 2.49. The van der Waals surface area contributed by atoms with Gasteiger partial charge in [-0.2, -0.15) is 0 Å². The van der Waals surface area contributed by atoms with Crippen LogP contribution >= 0.6 is 0 Å². The molecule has 142 valence electrons.